The average molecular weight is 290 g/mol. The monoisotopic (exact) mass is 290 g/mol. The molecule has 1 heterocycles. The van der Waals surface area contributed by atoms with Crippen LogP contribution in [0.25, 0.3) is 10.9 Å². The molecule has 0 saturated carbocycles. The fraction of sp³-hybridized carbons (Fsp3) is 0.400. The predicted octanol–water partition coefficient (Wildman–Crippen LogP) is 1.59. The molecule has 0 aliphatic rings. The number of carbonyl (C=O) groups excluding carboxylic acids is 1. The van der Waals surface area contributed by atoms with Crippen molar-refractivity contribution < 1.29 is 9.53 Å². The molecule has 0 spiro atoms. The van der Waals surface area contributed by atoms with E-state index in [4.69, 9.17) is 4.74 Å². The van der Waals surface area contributed by atoms with E-state index in [1.807, 2.05) is 6.92 Å². The first-order valence-corrected chi connectivity index (χ1v) is 7.00. The summed E-state index contributed by atoms with van der Waals surface area (Å²) in [6, 6.07) is 5.83. The molecular formula is C15H18N2O4. The zero-order valence-electron chi connectivity index (χ0n) is 12.1. The molecule has 0 aliphatic carbocycles. The highest BCUT2D eigenvalue weighted by Crippen LogP contribution is 2.13. The number of carbonyl (C=O) groups is 1. The zero-order valence-corrected chi connectivity index (χ0v) is 12.1. The number of esters is 1. The number of H-pyrrole nitrogens is 1. The molecule has 6 nitrogen and oxygen atoms in total. The Morgan fingerprint density at radius 2 is 2.00 bits per heavy atom. The van der Waals surface area contributed by atoms with Gasteiger partial charge in [0.15, 0.2) is 0 Å². The minimum absolute atomic E-state index is 0.208. The molecule has 1 N–H and O–H groups in total. The van der Waals surface area contributed by atoms with Gasteiger partial charge in [-0.2, -0.15) is 0 Å². The van der Waals surface area contributed by atoms with E-state index in [9.17, 15) is 14.4 Å². The number of benzene rings is 1. The summed E-state index contributed by atoms with van der Waals surface area (Å²) in [4.78, 5) is 39.4. The Labute approximate surface area is 121 Å². The van der Waals surface area contributed by atoms with E-state index in [-0.39, 0.29) is 6.61 Å². The van der Waals surface area contributed by atoms with Crippen molar-refractivity contribution in [1.29, 1.82) is 0 Å². The second-order valence-electron chi connectivity index (χ2n) is 4.71. The van der Waals surface area contributed by atoms with E-state index < -0.39 is 23.3 Å². The third kappa shape index (κ3) is 2.89. The SMILES string of the molecule is CCCC(C(=O)OCC)n1c(=O)[nH]c2ccccc2c1=O. The number of rotatable bonds is 5. The maximum absolute atomic E-state index is 12.5. The summed E-state index contributed by atoms with van der Waals surface area (Å²) in [7, 11) is 0. The summed E-state index contributed by atoms with van der Waals surface area (Å²) in [6.07, 6.45) is 1.03. The summed E-state index contributed by atoms with van der Waals surface area (Å²) in [5.41, 5.74) is -0.603. The average Bonchev–Trinajstić information content (AvgIpc) is 2.46. The Morgan fingerprint density at radius 1 is 1.29 bits per heavy atom. The highest BCUT2D eigenvalue weighted by Gasteiger charge is 2.25. The van der Waals surface area contributed by atoms with Crippen LogP contribution in [0.5, 0.6) is 0 Å². The van der Waals surface area contributed by atoms with Crippen molar-refractivity contribution in [2.75, 3.05) is 6.61 Å². The molecular weight excluding hydrogens is 272 g/mol. The molecule has 6 heteroatoms. The molecule has 112 valence electrons. The number of aromatic amines is 1. The number of aromatic nitrogens is 2. The molecule has 0 fully saturated rings. The van der Waals surface area contributed by atoms with Crippen LogP contribution < -0.4 is 11.2 Å². The molecule has 0 saturated heterocycles. The third-order valence-electron chi connectivity index (χ3n) is 3.27. The standard InChI is InChI=1S/C15H18N2O4/c1-3-7-12(14(19)21-4-2)17-13(18)10-8-5-6-9-11(10)16-15(17)20/h5-6,8-9,12H,3-4,7H2,1-2H3,(H,16,20). The van der Waals surface area contributed by atoms with Gasteiger partial charge in [0.25, 0.3) is 5.56 Å². The minimum atomic E-state index is -0.893. The summed E-state index contributed by atoms with van der Waals surface area (Å²) in [5, 5.41) is 0.377. The van der Waals surface area contributed by atoms with Gasteiger partial charge >= 0.3 is 11.7 Å². The molecule has 1 aromatic carbocycles. The zero-order chi connectivity index (χ0) is 15.4. The first-order chi connectivity index (χ1) is 10.1. The third-order valence-corrected chi connectivity index (χ3v) is 3.27. The lowest BCUT2D eigenvalue weighted by Crippen LogP contribution is -2.41. The second kappa shape index (κ2) is 6.39. The van der Waals surface area contributed by atoms with Crippen molar-refractivity contribution in [3.05, 3.63) is 45.1 Å². The van der Waals surface area contributed by atoms with Crippen LogP contribution in [0.3, 0.4) is 0 Å². The number of nitrogens with zero attached hydrogens (tertiary/aromatic N) is 1. The van der Waals surface area contributed by atoms with Gasteiger partial charge in [-0.25, -0.2) is 14.2 Å². The van der Waals surface area contributed by atoms with E-state index in [1.54, 1.807) is 31.2 Å². The van der Waals surface area contributed by atoms with Crippen LogP contribution in [0.1, 0.15) is 32.7 Å². The largest absolute Gasteiger partial charge is 0.464 e. The lowest BCUT2D eigenvalue weighted by atomic mass is 10.1. The van der Waals surface area contributed by atoms with Crippen molar-refractivity contribution in [3.8, 4) is 0 Å². The van der Waals surface area contributed by atoms with Crippen LogP contribution in [0.4, 0.5) is 0 Å². The Bertz CT molecular complexity index is 760. The van der Waals surface area contributed by atoms with E-state index in [0.29, 0.717) is 23.7 Å². The molecule has 0 amide bonds. The molecule has 1 atom stereocenters. The van der Waals surface area contributed by atoms with Crippen molar-refractivity contribution in [2.24, 2.45) is 0 Å². The van der Waals surface area contributed by atoms with Crippen LogP contribution >= 0.6 is 0 Å². The first-order valence-electron chi connectivity index (χ1n) is 7.00. The van der Waals surface area contributed by atoms with Crippen LogP contribution in [0.2, 0.25) is 0 Å². The molecule has 1 aromatic heterocycles. The van der Waals surface area contributed by atoms with Crippen molar-refractivity contribution in [3.63, 3.8) is 0 Å². The smallest absolute Gasteiger partial charge is 0.329 e. The maximum Gasteiger partial charge on any atom is 0.329 e. The molecule has 2 aromatic rings. The van der Waals surface area contributed by atoms with Gasteiger partial charge in [0.2, 0.25) is 0 Å². The van der Waals surface area contributed by atoms with Crippen molar-refractivity contribution in [2.45, 2.75) is 32.7 Å². The summed E-state index contributed by atoms with van der Waals surface area (Å²) < 4.78 is 5.94. The molecule has 0 bridgehead atoms. The fourth-order valence-corrected chi connectivity index (χ4v) is 2.32. The molecule has 2 rings (SSSR count). The quantitative estimate of drug-likeness (QED) is 0.848. The van der Waals surface area contributed by atoms with E-state index in [0.717, 1.165) is 4.57 Å². The highest BCUT2D eigenvalue weighted by atomic mass is 16.5. The van der Waals surface area contributed by atoms with Gasteiger partial charge in [0, 0.05) is 0 Å². The molecule has 0 aliphatic heterocycles. The Morgan fingerprint density at radius 3 is 2.67 bits per heavy atom. The van der Waals surface area contributed by atoms with Crippen molar-refractivity contribution in [1.82, 2.24) is 9.55 Å². The van der Waals surface area contributed by atoms with Gasteiger partial charge in [-0.05, 0) is 25.5 Å². The number of fused-ring (bicyclic) bond motifs is 1. The van der Waals surface area contributed by atoms with Crippen LogP contribution in [-0.4, -0.2) is 22.1 Å². The minimum Gasteiger partial charge on any atom is -0.464 e. The van der Waals surface area contributed by atoms with Gasteiger partial charge in [-0.3, -0.25) is 4.79 Å². The second-order valence-corrected chi connectivity index (χ2v) is 4.71. The number of nitrogens with one attached hydrogen (secondary N) is 1. The van der Waals surface area contributed by atoms with E-state index >= 15 is 0 Å². The topological polar surface area (TPSA) is 81.2 Å². The highest BCUT2D eigenvalue weighted by molar-refractivity contribution is 5.78. The molecule has 0 radical (unpaired) electrons. The Balaban J connectivity index is 2.65. The maximum atomic E-state index is 12.5. The predicted molar refractivity (Wildman–Crippen MR) is 79.4 cm³/mol. The summed E-state index contributed by atoms with van der Waals surface area (Å²) >= 11 is 0. The lowest BCUT2D eigenvalue weighted by molar-refractivity contribution is -0.147. The normalized spacial score (nSPS) is 12.3. The number of hydrogen-bond acceptors (Lipinski definition) is 4. The first kappa shape index (κ1) is 15.0. The molecule has 21 heavy (non-hydrogen) atoms. The van der Waals surface area contributed by atoms with Gasteiger partial charge in [-0.15, -0.1) is 0 Å². The molecule has 1 unspecified atom stereocenters. The lowest BCUT2D eigenvalue weighted by Gasteiger charge is -2.17. The van der Waals surface area contributed by atoms with Gasteiger partial charge in [0.05, 0.1) is 17.5 Å². The van der Waals surface area contributed by atoms with Crippen molar-refractivity contribution >= 4 is 16.9 Å². The fourth-order valence-electron chi connectivity index (χ4n) is 2.32. The number of ether oxygens (including phenoxy) is 1. The van der Waals surface area contributed by atoms with Crippen LogP contribution in [0.15, 0.2) is 33.9 Å². The van der Waals surface area contributed by atoms with Gasteiger partial charge < -0.3 is 9.72 Å². The van der Waals surface area contributed by atoms with Crippen LogP contribution in [0, 0.1) is 0 Å². The summed E-state index contributed by atoms with van der Waals surface area (Å²) in [5.74, 6) is -0.553. The Kier molecular flexibility index (Phi) is 4.57. The van der Waals surface area contributed by atoms with Gasteiger partial charge in [0.1, 0.15) is 6.04 Å². The number of hydrogen-bond donors (Lipinski definition) is 1. The summed E-state index contributed by atoms with van der Waals surface area (Å²) in [6.45, 7) is 3.78. The van der Waals surface area contributed by atoms with E-state index in [2.05, 4.69) is 4.98 Å². The van der Waals surface area contributed by atoms with E-state index in [1.165, 1.54) is 0 Å². The number of para-hydroxylation sites is 1. The van der Waals surface area contributed by atoms with Crippen LogP contribution in [-0.2, 0) is 9.53 Å². The Hall–Kier alpha value is -2.37. The van der Waals surface area contributed by atoms with Gasteiger partial charge in [-0.1, -0.05) is 25.5 Å².